The third-order valence-corrected chi connectivity index (χ3v) is 3.50. The fraction of sp³-hybridized carbons (Fsp3) is 0.357. The molecule has 0 aromatic heterocycles. The molecule has 0 fully saturated rings. The van der Waals surface area contributed by atoms with Crippen LogP contribution in [-0.4, -0.2) is 37.1 Å². The molecule has 2 N–H and O–H groups in total. The van der Waals surface area contributed by atoms with Crippen LogP contribution in [0.1, 0.15) is 12.0 Å². The van der Waals surface area contributed by atoms with Crippen LogP contribution in [0.5, 0.6) is 0 Å². The molecule has 1 aliphatic rings. The molecule has 1 aromatic carbocycles. The van der Waals surface area contributed by atoms with E-state index in [9.17, 15) is 27.6 Å². The number of methoxy groups -OCH3 is 1. The Morgan fingerprint density at radius 3 is 2.54 bits per heavy atom. The number of ether oxygens (including phenoxy) is 1. The molecule has 10 heteroatoms. The van der Waals surface area contributed by atoms with E-state index in [1.54, 1.807) is 0 Å². The van der Waals surface area contributed by atoms with Crippen molar-refractivity contribution in [3.05, 3.63) is 29.8 Å². The monoisotopic (exact) mass is 348 g/mol. The third kappa shape index (κ3) is 3.17. The highest BCUT2D eigenvalue weighted by atomic mass is 19.4. The second-order valence-electron chi connectivity index (χ2n) is 5.05. The first-order valence-corrected chi connectivity index (χ1v) is 6.65. The molecule has 130 valence electrons. The van der Waals surface area contributed by atoms with E-state index in [0.29, 0.717) is 0 Å². The molecule has 2 atom stereocenters. The molecule has 0 spiro atoms. The minimum atomic E-state index is -5.27. The fourth-order valence-electron chi connectivity index (χ4n) is 2.34. The normalized spacial score (nSPS) is 20.8. The molecule has 0 radical (unpaired) electrons. The van der Waals surface area contributed by atoms with Gasteiger partial charge in [-0.05, 0) is 6.07 Å². The zero-order chi connectivity index (χ0) is 18.1. The van der Waals surface area contributed by atoms with E-state index >= 15 is 4.39 Å². The molecule has 2 amide bonds. The van der Waals surface area contributed by atoms with E-state index < -0.39 is 42.1 Å². The fourth-order valence-corrected chi connectivity index (χ4v) is 2.34. The van der Waals surface area contributed by atoms with Crippen molar-refractivity contribution in [1.29, 1.82) is 0 Å². The average Bonchev–Trinajstić information content (AvgIpc) is 2.76. The van der Waals surface area contributed by atoms with Crippen LogP contribution >= 0.6 is 0 Å². The van der Waals surface area contributed by atoms with Crippen LogP contribution in [0.15, 0.2) is 24.3 Å². The number of hydrogen-bond donors (Lipinski definition) is 2. The highest BCUT2D eigenvalue weighted by Crippen LogP contribution is 2.42. The third-order valence-electron chi connectivity index (χ3n) is 3.50. The zero-order valence-corrected chi connectivity index (χ0v) is 12.2. The second-order valence-corrected chi connectivity index (χ2v) is 5.05. The Hall–Kier alpha value is -2.65. The maximum atomic E-state index is 15.1. The van der Waals surface area contributed by atoms with Gasteiger partial charge in [-0.25, -0.2) is 9.18 Å². The second kappa shape index (κ2) is 6.10. The van der Waals surface area contributed by atoms with E-state index in [2.05, 4.69) is 10.1 Å². The number of carbonyl (C=O) groups is 3. The number of rotatable bonds is 4. The topological polar surface area (TPSA) is 84.5 Å². The molecular weight excluding hydrogens is 336 g/mol. The standard InChI is InChI=1S/C14H12F4N2O4/c1-24-10(21)9(20-12(23)14(16,17)18)6-13(15)7-4-2-3-5-8(7)19-11(13)22/h2-5,9H,6H2,1H3,(H,19,22)(H,20,23)/t9-,13?/m0/s1. The van der Waals surface area contributed by atoms with Gasteiger partial charge in [0.15, 0.2) is 0 Å². The van der Waals surface area contributed by atoms with Crippen LogP contribution in [-0.2, 0) is 24.8 Å². The molecule has 0 aliphatic carbocycles. The summed E-state index contributed by atoms with van der Waals surface area (Å²) >= 11 is 0. The molecule has 1 heterocycles. The number of alkyl halides is 4. The van der Waals surface area contributed by atoms with Gasteiger partial charge >= 0.3 is 18.1 Å². The number of para-hydroxylation sites is 1. The van der Waals surface area contributed by atoms with Crippen LogP contribution in [0.2, 0.25) is 0 Å². The smallest absolute Gasteiger partial charge is 0.467 e. The summed E-state index contributed by atoms with van der Waals surface area (Å²) in [6.07, 6.45) is -6.31. The van der Waals surface area contributed by atoms with Crippen molar-refractivity contribution in [2.75, 3.05) is 12.4 Å². The van der Waals surface area contributed by atoms with Gasteiger partial charge in [0, 0.05) is 17.7 Å². The summed E-state index contributed by atoms with van der Waals surface area (Å²) in [4.78, 5) is 34.6. The first-order valence-electron chi connectivity index (χ1n) is 6.65. The summed E-state index contributed by atoms with van der Waals surface area (Å²) in [6.45, 7) is 0. The summed E-state index contributed by atoms with van der Waals surface area (Å²) < 4.78 is 56.5. The van der Waals surface area contributed by atoms with E-state index in [-0.39, 0.29) is 11.3 Å². The van der Waals surface area contributed by atoms with Gasteiger partial charge in [0.1, 0.15) is 6.04 Å². The summed E-state index contributed by atoms with van der Waals surface area (Å²) in [5.74, 6) is -4.88. The van der Waals surface area contributed by atoms with Gasteiger partial charge in [-0.15, -0.1) is 0 Å². The van der Waals surface area contributed by atoms with Crippen molar-refractivity contribution in [3.63, 3.8) is 0 Å². The number of hydrogen-bond acceptors (Lipinski definition) is 4. The molecule has 0 bridgehead atoms. The highest BCUT2D eigenvalue weighted by molar-refractivity contribution is 6.05. The number of fused-ring (bicyclic) bond motifs is 1. The van der Waals surface area contributed by atoms with Crippen molar-refractivity contribution >= 4 is 23.5 Å². The van der Waals surface area contributed by atoms with Crippen LogP contribution in [0.25, 0.3) is 0 Å². The van der Waals surface area contributed by atoms with Gasteiger partial charge in [0.25, 0.3) is 5.91 Å². The predicted octanol–water partition coefficient (Wildman–Crippen LogP) is 1.41. The quantitative estimate of drug-likeness (QED) is 0.637. The Balaban J connectivity index is 2.31. The molecule has 0 saturated carbocycles. The van der Waals surface area contributed by atoms with Gasteiger partial charge in [0.05, 0.1) is 7.11 Å². The van der Waals surface area contributed by atoms with Crippen LogP contribution < -0.4 is 10.6 Å². The Morgan fingerprint density at radius 2 is 1.96 bits per heavy atom. The maximum Gasteiger partial charge on any atom is 0.471 e. The van der Waals surface area contributed by atoms with E-state index in [4.69, 9.17) is 0 Å². The molecule has 1 unspecified atom stereocenters. The number of amides is 2. The molecule has 0 saturated heterocycles. The van der Waals surface area contributed by atoms with E-state index in [1.165, 1.54) is 29.6 Å². The zero-order valence-electron chi connectivity index (χ0n) is 12.2. The summed E-state index contributed by atoms with van der Waals surface area (Å²) in [5, 5.41) is 3.59. The summed E-state index contributed by atoms with van der Waals surface area (Å²) in [6, 6.07) is 3.61. The van der Waals surface area contributed by atoms with Crippen LogP contribution in [0.3, 0.4) is 0 Å². The first kappa shape index (κ1) is 17.7. The van der Waals surface area contributed by atoms with Crippen LogP contribution in [0, 0.1) is 0 Å². The number of esters is 1. The molecule has 24 heavy (non-hydrogen) atoms. The molecule has 2 rings (SSSR count). The lowest BCUT2D eigenvalue weighted by atomic mass is 9.90. The Kier molecular flexibility index (Phi) is 4.50. The van der Waals surface area contributed by atoms with Crippen LogP contribution in [0.4, 0.5) is 23.2 Å². The lowest BCUT2D eigenvalue weighted by Crippen LogP contribution is -2.50. The number of carbonyl (C=O) groups excluding carboxylic acids is 3. The van der Waals surface area contributed by atoms with Gasteiger partial charge in [-0.3, -0.25) is 9.59 Å². The van der Waals surface area contributed by atoms with Crippen molar-refractivity contribution in [1.82, 2.24) is 5.32 Å². The number of nitrogens with one attached hydrogen (secondary N) is 2. The van der Waals surface area contributed by atoms with Gasteiger partial charge in [0.2, 0.25) is 5.67 Å². The summed E-state index contributed by atoms with van der Waals surface area (Å²) in [5.41, 5.74) is -2.78. The Bertz CT molecular complexity index is 692. The predicted molar refractivity (Wildman–Crippen MR) is 72.5 cm³/mol. The van der Waals surface area contributed by atoms with Gasteiger partial charge in [-0.2, -0.15) is 13.2 Å². The molecule has 1 aliphatic heterocycles. The highest BCUT2D eigenvalue weighted by Gasteiger charge is 2.51. The number of halogens is 4. The molecular formula is C14H12F4N2O4. The molecule has 1 aromatic rings. The van der Waals surface area contributed by atoms with E-state index in [0.717, 1.165) is 7.11 Å². The number of anilines is 1. The van der Waals surface area contributed by atoms with Crippen molar-refractivity contribution < 1.29 is 36.7 Å². The van der Waals surface area contributed by atoms with Crippen molar-refractivity contribution in [3.8, 4) is 0 Å². The van der Waals surface area contributed by atoms with E-state index in [1.807, 2.05) is 0 Å². The SMILES string of the molecule is COC(=O)[C@H](CC1(F)C(=O)Nc2ccccc21)NC(=O)C(F)(F)F. The lowest BCUT2D eigenvalue weighted by molar-refractivity contribution is -0.176. The average molecular weight is 348 g/mol. The maximum absolute atomic E-state index is 15.1. The van der Waals surface area contributed by atoms with Gasteiger partial charge < -0.3 is 15.4 Å². The van der Waals surface area contributed by atoms with Crippen molar-refractivity contribution in [2.24, 2.45) is 0 Å². The Morgan fingerprint density at radius 1 is 1.33 bits per heavy atom. The van der Waals surface area contributed by atoms with Crippen molar-refractivity contribution in [2.45, 2.75) is 24.3 Å². The number of benzene rings is 1. The van der Waals surface area contributed by atoms with Gasteiger partial charge in [-0.1, -0.05) is 18.2 Å². The lowest BCUT2D eigenvalue weighted by Gasteiger charge is -2.24. The summed E-state index contributed by atoms with van der Waals surface area (Å²) in [7, 11) is 0.864. The largest absolute Gasteiger partial charge is 0.471 e. The molecule has 6 nitrogen and oxygen atoms in total. The minimum Gasteiger partial charge on any atom is -0.467 e. The Labute approximate surface area is 133 Å². The first-order chi connectivity index (χ1) is 11.1. The minimum absolute atomic E-state index is 0.134.